The van der Waals surface area contributed by atoms with E-state index in [4.69, 9.17) is 11.0 Å². The summed E-state index contributed by atoms with van der Waals surface area (Å²) in [5.41, 5.74) is 5.97. The molecule has 0 spiro atoms. The number of anilines is 1. The molecular formula is C21H16F3N3O2. The second kappa shape index (κ2) is 7.43. The number of hydrogen-bond donors (Lipinski definition) is 1. The maximum Gasteiger partial charge on any atom is 0.416 e. The molecule has 2 aromatic carbocycles. The van der Waals surface area contributed by atoms with Crippen molar-refractivity contribution in [2.24, 2.45) is 11.7 Å². The number of hydrogen-bond acceptors (Lipinski definition) is 3. The second-order valence-electron chi connectivity index (χ2n) is 6.67. The van der Waals surface area contributed by atoms with Crippen LogP contribution in [0.15, 0.2) is 60.3 Å². The van der Waals surface area contributed by atoms with Crippen LogP contribution in [0.2, 0.25) is 0 Å². The Bertz CT molecular complexity index is 1040. The molecule has 0 aromatic heterocycles. The Balaban J connectivity index is 2.08. The molecule has 2 N–H and O–H groups in total. The Morgan fingerprint density at radius 2 is 1.83 bits per heavy atom. The van der Waals surface area contributed by atoms with E-state index in [1.165, 1.54) is 12.1 Å². The number of amides is 2. The van der Waals surface area contributed by atoms with Crippen LogP contribution in [0.1, 0.15) is 29.5 Å². The lowest BCUT2D eigenvalue weighted by atomic mass is 9.81. The molecule has 0 saturated carbocycles. The fraction of sp³-hybridized carbons (Fsp3) is 0.190. The molecule has 148 valence electrons. The van der Waals surface area contributed by atoms with E-state index < -0.39 is 35.4 Å². The number of nitrogens with two attached hydrogens (primary N) is 1. The zero-order valence-electron chi connectivity index (χ0n) is 15.3. The molecule has 0 aliphatic carbocycles. The van der Waals surface area contributed by atoms with Gasteiger partial charge < -0.3 is 5.73 Å². The number of nitrogens with zero attached hydrogens (tertiary/aromatic N) is 2. The van der Waals surface area contributed by atoms with E-state index in [2.05, 4.69) is 0 Å². The topological polar surface area (TPSA) is 87.2 Å². The van der Waals surface area contributed by atoms with Crippen LogP contribution in [0.3, 0.4) is 0 Å². The average molecular weight is 399 g/mol. The normalized spacial score (nSPS) is 19.5. The molecule has 1 aliphatic heterocycles. The largest absolute Gasteiger partial charge is 0.416 e. The molecule has 0 radical (unpaired) electrons. The number of rotatable bonds is 3. The van der Waals surface area contributed by atoms with Gasteiger partial charge in [-0.1, -0.05) is 24.3 Å². The van der Waals surface area contributed by atoms with Crippen molar-refractivity contribution in [1.29, 1.82) is 5.26 Å². The highest BCUT2D eigenvalue weighted by Gasteiger charge is 2.41. The Kier molecular flexibility index (Phi) is 5.16. The minimum Gasteiger partial charge on any atom is -0.369 e. The molecule has 2 unspecified atom stereocenters. The summed E-state index contributed by atoms with van der Waals surface area (Å²) in [5, 5.41) is 8.93. The maximum absolute atomic E-state index is 13.1. The van der Waals surface area contributed by atoms with Crippen molar-refractivity contribution in [1.82, 2.24) is 0 Å². The van der Waals surface area contributed by atoms with Crippen molar-refractivity contribution in [2.45, 2.75) is 19.0 Å². The fourth-order valence-corrected chi connectivity index (χ4v) is 3.42. The van der Waals surface area contributed by atoms with Crippen LogP contribution in [-0.4, -0.2) is 11.8 Å². The summed E-state index contributed by atoms with van der Waals surface area (Å²) >= 11 is 0. The number of carbonyl (C=O) groups is 2. The zero-order chi connectivity index (χ0) is 21.3. The average Bonchev–Trinajstić information content (AvgIpc) is 2.67. The zero-order valence-corrected chi connectivity index (χ0v) is 15.3. The van der Waals surface area contributed by atoms with Gasteiger partial charge in [0.05, 0.1) is 17.2 Å². The molecule has 8 heteroatoms. The Morgan fingerprint density at radius 1 is 1.17 bits per heavy atom. The van der Waals surface area contributed by atoms with Crippen LogP contribution in [0.25, 0.3) is 0 Å². The van der Waals surface area contributed by atoms with E-state index in [0.717, 1.165) is 17.0 Å². The van der Waals surface area contributed by atoms with Crippen LogP contribution in [0.4, 0.5) is 18.9 Å². The highest BCUT2D eigenvalue weighted by atomic mass is 19.4. The van der Waals surface area contributed by atoms with Crippen molar-refractivity contribution in [3.05, 3.63) is 77.0 Å². The molecule has 0 fully saturated rings. The van der Waals surface area contributed by atoms with Crippen molar-refractivity contribution < 1.29 is 22.8 Å². The summed E-state index contributed by atoms with van der Waals surface area (Å²) in [6.07, 6.45) is -2.95. The fourth-order valence-electron chi connectivity index (χ4n) is 3.42. The van der Waals surface area contributed by atoms with Gasteiger partial charge in [0.2, 0.25) is 11.8 Å². The first-order valence-corrected chi connectivity index (χ1v) is 8.62. The molecule has 1 heterocycles. The molecular weight excluding hydrogens is 383 g/mol. The van der Waals surface area contributed by atoms with Crippen LogP contribution < -0.4 is 10.6 Å². The summed E-state index contributed by atoms with van der Waals surface area (Å²) in [7, 11) is 0. The van der Waals surface area contributed by atoms with E-state index in [1.54, 1.807) is 37.3 Å². The Hall–Kier alpha value is -3.60. The standard InChI is InChI=1S/C21H16F3N3O2/c1-12-9-17(14-7-5-13(11-25)6-8-14)18(19(26)28)20(29)27(12)16-4-2-3-15(10-16)21(22,23)24/h2-10,17-18H,1H3,(H2,26,28). The van der Waals surface area contributed by atoms with Crippen molar-refractivity contribution >= 4 is 17.5 Å². The van der Waals surface area contributed by atoms with Gasteiger partial charge in [-0.3, -0.25) is 14.5 Å². The van der Waals surface area contributed by atoms with E-state index in [0.29, 0.717) is 16.8 Å². The third-order valence-electron chi connectivity index (χ3n) is 4.78. The van der Waals surface area contributed by atoms with E-state index in [-0.39, 0.29) is 5.69 Å². The molecule has 2 atom stereocenters. The molecule has 29 heavy (non-hydrogen) atoms. The van der Waals surface area contributed by atoms with Crippen LogP contribution in [-0.2, 0) is 15.8 Å². The second-order valence-corrected chi connectivity index (χ2v) is 6.67. The van der Waals surface area contributed by atoms with Crippen LogP contribution >= 0.6 is 0 Å². The highest BCUT2D eigenvalue weighted by Crippen LogP contribution is 2.38. The van der Waals surface area contributed by atoms with Gasteiger partial charge in [0.25, 0.3) is 0 Å². The molecule has 2 aromatic rings. The number of nitriles is 1. The van der Waals surface area contributed by atoms with E-state index >= 15 is 0 Å². The predicted molar refractivity (Wildman–Crippen MR) is 99.3 cm³/mol. The van der Waals surface area contributed by atoms with Crippen LogP contribution in [0.5, 0.6) is 0 Å². The number of benzene rings is 2. The van der Waals surface area contributed by atoms with Gasteiger partial charge in [-0.05, 0) is 42.8 Å². The summed E-state index contributed by atoms with van der Waals surface area (Å²) in [5.74, 6) is -3.56. The number of primary amides is 1. The number of allylic oxidation sites excluding steroid dienone is 2. The van der Waals surface area contributed by atoms with Gasteiger partial charge in [0.15, 0.2) is 0 Å². The van der Waals surface area contributed by atoms with Crippen molar-refractivity contribution in [3.63, 3.8) is 0 Å². The lowest BCUT2D eigenvalue weighted by molar-refractivity contribution is -0.138. The maximum atomic E-state index is 13.1. The third-order valence-corrected chi connectivity index (χ3v) is 4.78. The van der Waals surface area contributed by atoms with Crippen molar-refractivity contribution in [2.75, 3.05) is 4.90 Å². The molecule has 0 saturated heterocycles. The summed E-state index contributed by atoms with van der Waals surface area (Å²) in [4.78, 5) is 26.3. The van der Waals surface area contributed by atoms with Crippen molar-refractivity contribution in [3.8, 4) is 6.07 Å². The van der Waals surface area contributed by atoms with Gasteiger partial charge in [-0.2, -0.15) is 18.4 Å². The van der Waals surface area contributed by atoms with Crippen LogP contribution in [0, 0.1) is 17.2 Å². The highest BCUT2D eigenvalue weighted by molar-refractivity contribution is 6.11. The predicted octanol–water partition coefficient (Wildman–Crippen LogP) is 3.71. The summed E-state index contributed by atoms with van der Waals surface area (Å²) in [6.45, 7) is 1.58. The SMILES string of the molecule is CC1=CC(c2ccc(C#N)cc2)C(C(N)=O)C(=O)N1c1cccc(C(F)(F)F)c1. The Morgan fingerprint density at radius 3 is 2.38 bits per heavy atom. The molecule has 1 aliphatic rings. The smallest absolute Gasteiger partial charge is 0.369 e. The minimum atomic E-state index is -4.57. The van der Waals surface area contributed by atoms with E-state index in [9.17, 15) is 22.8 Å². The number of halogens is 3. The van der Waals surface area contributed by atoms with Gasteiger partial charge in [0, 0.05) is 17.3 Å². The van der Waals surface area contributed by atoms with Gasteiger partial charge in [-0.25, -0.2) is 0 Å². The summed E-state index contributed by atoms with van der Waals surface area (Å²) in [6, 6.07) is 12.7. The third kappa shape index (κ3) is 3.85. The quantitative estimate of drug-likeness (QED) is 0.798. The lowest BCUT2D eigenvalue weighted by Crippen LogP contribution is -2.47. The molecule has 0 bridgehead atoms. The van der Waals surface area contributed by atoms with E-state index in [1.807, 2.05) is 6.07 Å². The first-order valence-electron chi connectivity index (χ1n) is 8.62. The monoisotopic (exact) mass is 399 g/mol. The summed E-state index contributed by atoms with van der Waals surface area (Å²) < 4.78 is 39.2. The molecule has 3 rings (SSSR count). The first-order chi connectivity index (χ1) is 13.6. The molecule has 2 amide bonds. The minimum absolute atomic E-state index is 0.00287. The first kappa shape index (κ1) is 20.1. The number of alkyl halides is 3. The van der Waals surface area contributed by atoms with Gasteiger partial charge in [-0.15, -0.1) is 0 Å². The van der Waals surface area contributed by atoms with Gasteiger partial charge >= 0.3 is 6.18 Å². The number of carbonyl (C=O) groups excluding carboxylic acids is 2. The Labute approximate surface area is 164 Å². The molecule has 5 nitrogen and oxygen atoms in total. The van der Waals surface area contributed by atoms with Gasteiger partial charge in [0.1, 0.15) is 5.92 Å². The lowest BCUT2D eigenvalue weighted by Gasteiger charge is -2.35.